The molecule has 0 bridgehead atoms. The monoisotopic (exact) mass is 404 g/mol. The van der Waals surface area contributed by atoms with Crippen molar-refractivity contribution in [1.82, 2.24) is 10.2 Å². The van der Waals surface area contributed by atoms with Crippen molar-refractivity contribution in [2.45, 2.75) is 26.3 Å². The number of carbonyl (C=O) groups is 2. The van der Waals surface area contributed by atoms with Crippen molar-refractivity contribution in [2.75, 3.05) is 13.1 Å². The van der Waals surface area contributed by atoms with Gasteiger partial charge in [0.25, 0.3) is 0 Å². The standard InChI is InChI=1S/C21H22Cl2N2O2/c1-14(10-16-6-7-18(22)11-19(16)23)21(27)24-12-20(26)25-9-8-15-4-2-3-5-17(15)13-25/h2-7,11,14H,8-10,12-13H2,1H3,(H,24,27). The molecule has 4 nitrogen and oxygen atoms in total. The number of halogens is 2. The summed E-state index contributed by atoms with van der Waals surface area (Å²) in [5.74, 6) is -0.514. The Morgan fingerprint density at radius 1 is 1.15 bits per heavy atom. The molecule has 2 aromatic rings. The Balaban J connectivity index is 1.50. The van der Waals surface area contributed by atoms with E-state index in [-0.39, 0.29) is 24.3 Å². The van der Waals surface area contributed by atoms with Crippen LogP contribution in [0.4, 0.5) is 0 Å². The number of hydrogen-bond donors (Lipinski definition) is 1. The lowest BCUT2D eigenvalue weighted by atomic mass is 9.99. The van der Waals surface area contributed by atoms with Gasteiger partial charge in [0.05, 0.1) is 6.54 Å². The molecular weight excluding hydrogens is 383 g/mol. The predicted molar refractivity (Wildman–Crippen MR) is 108 cm³/mol. The number of fused-ring (bicyclic) bond motifs is 1. The molecule has 2 amide bonds. The molecule has 0 aliphatic carbocycles. The maximum Gasteiger partial charge on any atom is 0.242 e. The number of benzene rings is 2. The summed E-state index contributed by atoms with van der Waals surface area (Å²) in [6.45, 7) is 3.12. The van der Waals surface area contributed by atoms with Crippen LogP contribution < -0.4 is 5.32 Å². The summed E-state index contributed by atoms with van der Waals surface area (Å²) in [5, 5.41) is 3.87. The first-order valence-corrected chi connectivity index (χ1v) is 9.76. The SMILES string of the molecule is CC(Cc1ccc(Cl)cc1Cl)C(=O)NCC(=O)N1CCc2ccccc2C1. The quantitative estimate of drug-likeness (QED) is 0.821. The molecule has 2 aromatic carbocycles. The third-order valence-corrected chi connectivity index (χ3v) is 5.47. The number of hydrogen-bond acceptors (Lipinski definition) is 2. The van der Waals surface area contributed by atoms with Crippen LogP contribution in [0.1, 0.15) is 23.6 Å². The Bertz CT molecular complexity index is 854. The van der Waals surface area contributed by atoms with Crippen LogP contribution in [0.15, 0.2) is 42.5 Å². The molecule has 142 valence electrons. The van der Waals surface area contributed by atoms with Crippen LogP contribution in [0, 0.1) is 5.92 Å². The van der Waals surface area contributed by atoms with Crippen LogP contribution in [-0.2, 0) is 29.0 Å². The van der Waals surface area contributed by atoms with Gasteiger partial charge in [-0.05, 0) is 41.7 Å². The molecule has 0 radical (unpaired) electrons. The summed E-state index contributed by atoms with van der Waals surface area (Å²) in [6.07, 6.45) is 1.34. The van der Waals surface area contributed by atoms with Gasteiger partial charge in [0.2, 0.25) is 11.8 Å². The van der Waals surface area contributed by atoms with Crippen LogP contribution in [0.5, 0.6) is 0 Å². The second-order valence-electron chi connectivity index (χ2n) is 6.89. The number of carbonyl (C=O) groups excluding carboxylic acids is 2. The first kappa shape index (κ1) is 19.7. The minimum Gasteiger partial charge on any atom is -0.347 e. The van der Waals surface area contributed by atoms with Gasteiger partial charge in [-0.2, -0.15) is 0 Å². The molecule has 1 unspecified atom stereocenters. The number of rotatable bonds is 5. The van der Waals surface area contributed by atoms with E-state index < -0.39 is 0 Å². The highest BCUT2D eigenvalue weighted by molar-refractivity contribution is 6.35. The highest BCUT2D eigenvalue weighted by atomic mass is 35.5. The van der Waals surface area contributed by atoms with Crippen molar-refractivity contribution < 1.29 is 9.59 Å². The largest absolute Gasteiger partial charge is 0.347 e. The van der Waals surface area contributed by atoms with E-state index in [0.717, 1.165) is 12.0 Å². The molecule has 6 heteroatoms. The fourth-order valence-corrected chi connectivity index (χ4v) is 3.75. The Labute approximate surface area is 169 Å². The van der Waals surface area contributed by atoms with E-state index in [4.69, 9.17) is 23.2 Å². The first-order chi connectivity index (χ1) is 12.9. The van der Waals surface area contributed by atoms with E-state index in [0.29, 0.717) is 29.6 Å². The Hall–Kier alpha value is -2.04. The minimum atomic E-state index is -0.293. The van der Waals surface area contributed by atoms with E-state index in [1.54, 1.807) is 17.0 Å². The molecule has 27 heavy (non-hydrogen) atoms. The van der Waals surface area contributed by atoms with Gasteiger partial charge in [0.15, 0.2) is 0 Å². The lowest BCUT2D eigenvalue weighted by Crippen LogP contribution is -2.43. The van der Waals surface area contributed by atoms with Gasteiger partial charge in [-0.15, -0.1) is 0 Å². The third-order valence-electron chi connectivity index (χ3n) is 4.89. The number of nitrogens with zero attached hydrogens (tertiary/aromatic N) is 1. The van der Waals surface area contributed by atoms with Gasteiger partial charge in [0.1, 0.15) is 0 Å². The smallest absolute Gasteiger partial charge is 0.242 e. The molecule has 1 heterocycles. The van der Waals surface area contributed by atoms with Gasteiger partial charge < -0.3 is 10.2 Å². The minimum absolute atomic E-state index is 0.0136. The summed E-state index contributed by atoms with van der Waals surface area (Å²) in [6, 6.07) is 13.4. The van der Waals surface area contributed by atoms with E-state index in [1.165, 1.54) is 11.1 Å². The summed E-state index contributed by atoms with van der Waals surface area (Å²) in [7, 11) is 0. The van der Waals surface area contributed by atoms with E-state index >= 15 is 0 Å². The highest BCUT2D eigenvalue weighted by Gasteiger charge is 2.22. The molecule has 1 aliphatic heterocycles. The van der Waals surface area contributed by atoms with Crippen LogP contribution >= 0.6 is 23.2 Å². The van der Waals surface area contributed by atoms with Gasteiger partial charge in [-0.1, -0.05) is 60.5 Å². The predicted octanol–water partition coefficient (Wildman–Crippen LogP) is 3.87. The molecule has 1 atom stereocenters. The lowest BCUT2D eigenvalue weighted by Gasteiger charge is -2.29. The molecule has 1 N–H and O–H groups in total. The van der Waals surface area contributed by atoms with E-state index in [9.17, 15) is 9.59 Å². The molecule has 3 rings (SSSR count). The van der Waals surface area contributed by atoms with Gasteiger partial charge >= 0.3 is 0 Å². The Morgan fingerprint density at radius 3 is 2.63 bits per heavy atom. The van der Waals surface area contributed by atoms with E-state index in [1.807, 2.05) is 31.2 Å². The number of nitrogens with one attached hydrogen (secondary N) is 1. The van der Waals surface area contributed by atoms with Crippen molar-refractivity contribution in [2.24, 2.45) is 5.92 Å². The van der Waals surface area contributed by atoms with Crippen molar-refractivity contribution in [3.8, 4) is 0 Å². The average molecular weight is 405 g/mol. The van der Waals surface area contributed by atoms with E-state index in [2.05, 4.69) is 11.4 Å². The van der Waals surface area contributed by atoms with Crippen molar-refractivity contribution in [3.05, 3.63) is 69.2 Å². The molecule has 0 fully saturated rings. The molecule has 1 aliphatic rings. The van der Waals surface area contributed by atoms with Gasteiger partial charge in [-0.3, -0.25) is 9.59 Å². The van der Waals surface area contributed by atoms with Gasteiger partial charge in [-0.25, -0.2) is 0 Å². The van der Waals surface area contributed by atoms with Crippen LogP contribution in [0.2, 0.25) is 10.0 Å². The van der Waals surface area contributed by atoms with Crippen LogP contribution in [0.3, 0.4) is 0 Å². The zero-order valence-corrected chi connectivity index (χ0v) is 16.7. The van der Waals surface area contributed by atoms with Crippen LogP contribution in [-0.4, -0.2) is 29.8 Å². The summed E-state index contributed by atoms with van der Waals surface area (Å²) >= 11 is 12.1. The normalized spacial score (nSPS) is 14.4. The zero-order valence-electron chi connectivity index (χ0n) is 15.2. The topological polar surface area (TPSA) is 49.4 Å². The average Bonchev–Trinajstić information content (AvgIpc) is 2.67. The zero-order chi connectivity index (χ0) is 19.4. The fraction of sp³-hybridized carbons (Fsp3) is 0.333. The molecular formula is C21H22Cl2N2O2. The molecule has 0 saturated carbocycles. The lowest BCUT2D eigenvalue weighted by molar-refractivity contribution is -0.134. The van der Waals surface area contributed by atoms with Gasteiger partial charge in [0, 0.05) is 29.1 Å². The summed E-state index contributed by atoms with van der Waals surface area (Å²) in [5.41, 5.74) is 3.33. The first-order valence-electron chi connectivity index (χ1n) is 9.00. The summed E-state index contributed by atoms with van der Waals surface area (Å²) < 4.78 is 0. The molecule has 0 saturated heterocycles. The fourth-order valence-electron chi connectivity index (χ4n) is 3.27. The Kier molecular flexibility index (Phi) is 6.40. The maximum absolute atomic E-state index is 12.5. The summed E-state index contributed by atoms with van der Waals surface area (Å²) in [4.78, 5) is 26.6. The third kappa shape index (κ3) is 5.02. The highest BCUT2D eigenvalue weighted by Crippen LogP contribution is 2.23. The van der Waals surface area contributed by atoms with Crippen molar-refractivity contribution in [1.29, 1.82) is 0 Å². The number of amides is 2. The Morgan fingerprint density at radius 2 is 1.89 bits per heavy atom. The second kappa shape index (κ2) is 8.77. The molecule has 0 spiro atoms. The second-order valence-corrected chi connectivity index (χ2v) is 7.74. The van der Waals surface area contributed by atoms with Crippen molar-refractivity contribution >= 4 is 35.0 Å². The van der Waals surface area contributed by atoms with Crippen molar-refractivity contribution in [3.63, 3.8) is 0 Å². The van der Waals surface area contributed by atoms with Crippen LogP contribution in [0.25, 0.3) is 0 Å². The molecule has 0 aromatic heterocycles. The maximum atomic E-state index is 12.5.